The first kappa shape index (κ1) is 23.7. The van der Waals surface area contributed by atoms with Crippen LogP contribution in [0.15, 0.2) is 30.3 Å². The van der Waals surface area contributed by atoms with Gasteiger partial charge in [-0.15, -0.1) is 13.2 Å². The van der Waals surface area contributed by atoms with E-state index in [0.717, 1.165) is 31.1 Å². The molecule has 0 fully saturated rings. The van der Waals surface area contributed by atoms with Crippen LogP contribution in [0.5, 0.6) is 0 Å². The average Bonchev–Trinajstić information content (AvgIpc) is 2.88. The van der Waals surface area contributed by atoms with Gasteiger partial charge in [-0.3, -0.25) is 0 Å². The Kier molecular flexibility index (Phi) is 8.12. The number of hydrogen-bond acceptors (Lipinski definition) is 3. The van der Waals surface area contributed by atoms with Crippen molar-refractivity contribution < 1.29 is 39.3 Å². The molecule has 0 aliphatic heterocycles. The summed E-state index contributed by atoms with van der Waals surface area (Å²) in [5.74, 6) is 0. The summed E-state index contributed by atoms with van der Waals surface area (Å²) < 4.78 is 99.1. The van der Waals surface area contributed by atoms with Crippen LogP contribution in [-0.4, -0.2) is 18.5 Å². The Morgan fingerprint density at radius 1 is 1.00 bits per heavy atom. The van der Waals surface area contributed by atoms with Gasteiger partial charge >= 0.3 is 11.0 Å². The Labute approximate surface area is 155 Å². The summed E-state index contributed by atoms with van der Waals surface area (Å²) in [6, 6.07) is 8.63. The van der Waals surface area contributed by atoms with E-state index in [1.54, 1.807) is 30.3 Å². The summed E-state index contributed by atoms with van der Waals surface area (Å²) in [5, 5.41) is 0.744. The Balaban J connectivity index is 0.000000387. The maximum absolute atomic E-state index is 13.2. The number of rotatable bonds is 5. The zero-order chi connectivity index (χ0) is 20.9. The molecule has 1 aromatic heterocycles. The predicted octanol–water partition coefficient (Wildman–Crippen LogP) is 6.24. The van der Waals surface area contributed by atoms with Gasteiger partial charge in [-0.25, -0.2) is 8.42 Å². The third-order valence-corrected chi connectivity index (χ3v) is 6.20. The maximum atomic E-state index is 13.2. The molecule has 11 heteroatoms. The first-order chi connectivity index (χ1) is 12.3. The van der Waals surface area contributed by atoms with Gasteiger partial charge in [0.1, 0.15) is 0 Å². The second-order valence-corrected chi connectivity index (χ2v) is 9.02. The van der Waals surface area contributed by atoms with E-state index in [2.05, 4.69) is 6.92 Å². The summed E-state index contributed by atoms with van der Waals surface area (Å²) in [6.45, 7) is 2.10. The normalized spacial score (nSPS) is 13.4. The number of halogens is 6. The molecule has 0 aliphatic rings. The van der Waals surface area contributed by atoms with Crippen molar-refractivity contribution in [3.8, 4) is 0 Å². The Bertz CT molecular complexity index is 838. The van der Waals surface area contributed by atoms with E-state index in [-0.39, 0.29) is 0 Å². The molecule has 3 nitrogen and oxygen atoms in total. The number of fused-ring (bicyclic) bond motifs is 1. The molecule has 2 rings (SSSR count). The topological polar surface area (TPSA) is 57.2 Å². The van der Waals surface area contributed by atoms with E-state index in [0.29, 0.717) is 16.0 Å². The molecule has 27 heavy (non-hydrogen) atoms. The Morgan fingerprint density at radius 2 is 1.56 bits per heavy atom. The molecule has 0 spiro atoms. The van der Waals surface area contributed by atoms with Crippen LogP contribution in [0.2, 0.25) is 0 Å². The van der Waals surface area contributed by atoms with E-state index in [1.165, 1.54) is 0 Å². The largest absolute Gasteiger partial charge is 0.741 e. The van der Waals surface area contributed by atoms with Crippen LogP contribution >= 0.6 is 10.5 Å². The smallest absolute Gasteiger partial charge is 0.600 e. The third kappa shape index (κ3) is 6.96. The number of thiophene rings is 1. The van der Waals surface area contributed by atoms with Crippen molar-refractivity contribution in [1.29, 1.82) is 0 Å². The lowest BCUT2D eigenvalue weighted by atomic mass is 10.1. The molecular weight excluding hydrogens is 418 g/mol. The predicted molar refractivity (Wildman–Crippen MR) is 91.3 cm³/mol. The van der Waals surface area contributed by atoms with E-state index >= 15 is 0 Å². The van der Waals surface area contributed by atoms with Crippen molar-refractivity contribution >= 4 is 30.7 Å². The van der Waals surface area contributed by atoms with E-state index in [1.807, 2.05) is 0 Å². The van der Waals surface area contributed by atoms with Crippen molar-refractivity contribution in [3.63, 3.8) is 0 Å². The molecule has 0 amide bonds. The van der Waals surface area contributed by atoms with Crippen molar-refractivity contribution in [2.45, 2.75) is 50.0 Å². The lowest BCUT2D eigenvalue weighted by Gasteiger charge is -2.08. The lowest BCUT2D eigenvalue weighted by Crippen LogP contribution is -2.21. The summed E-state index contributed by atoms with van der Waals surface area (Å²) in [4.78, 5) is 0.560. The van der Waals surface area contributed by atoms with Gasteiger partial charge < -0.3 is 4.55 Å². The minimum absolute atomic E-state index is 0.445. The van der Waals surface area contributed by atoms with Gasteiger partial charge in [0.05, 0.1) is 10.5 Å². The van der Waals surface area contributed by atoms with Crippen molar-refractivity contribution in [3.05, 3.63) is 35.2 Å². The minimum atomic E-state index is -6.09. The van der Waals surface area contributed by atoms with Gasteiger partial charge in [-0.1, -0.05) is 38.3 Å². The summed E-state index contributed by atoms with van der Waals surface area (Å²) in [5.41, 5.74) is -9.80. The van der Waals surface area contributed by atoms with Crippen molar-refractivity contribution in [2.24, 2.45) is 0 Å². The molecule has 2 aromatic rings. The molecule has 154 valence electrons. The van der Waals surface area contributed by atoms with E-state index in [9.17, 15) is 26.3 Å². The molecule has 1 atom stereocenters. The minimum Gasteiger partial charge on any atom is -0.741 e. The summed E-state index contributed by atoms with van der Waals surface area (Å²) in [6.07, 6.45) is 4.63. The fourth-order valence-corrected chi connectivity index (χ4v) is 4.33. The maximum Gasteiger partial charge on any atom is 0.600 e. The van der Waals surface area contributed by atoms with E-state index < -0.39 is 31.6 Å². The second kappa shape index (κ2) is 9.24. The quantitative estimate of drug-likeness (QED) is 0.183. The number of hydrogen-bond donors (Lipinski definition) is 0. The molecular formula is C16H18F6O3S2. The molecule has 1 aromatic carbocycles. The van der Waals surface area contributed by atoms with Gasteiger partial charge in [0.2, 0.25) is 0 Å². The van der Waals surface area contributed by atoms with Crippen LogP contribution < -0.4 is 0 Å². The molecule has 0 radical (unpaired) electrons. The Hall–Kier alpha value is -1.33. The molecule has 0 saturated carbocycles. The number of benzene rings is 1. The van der Waals surface area contributed by atoms with Gasteiger partial charge in [0.25, 0.3) is 0 Å². The lowest BCUT2D eigenvalue weighted by molar-refractivity contribution is -0.0867. The van der Waals surface area contributed by atoms with Crippen molar-refractivity contribution in [1.82, 2.24) is 0 Å². The molecule has 1 unspecified atom stereocenters. The van der Waals surface area contributed by atoms with E-state index in [4.69, 9.17) is 13.0 Å². The van der Waals surface area contributed by atoms with Gasteiger partial charge in [-0.2, -0.15) is 13.2 Å². The Morgan fingerprint density at radius 3 is 2.04 bits per heavy atom. The molecule has 0 saturated heterocycles. The molecule has 0 N–H and O–H groups in total. The van der Waals surface area contributed by atoms with Crippen LogP contribution in [0, 0.1) is 0 Å². The van der Waals surface area contributed by atoms with Crippen LogP contribution in [0.25, 0.3) is 10.1 Å². The first-order valence-electron chi connectivity index (χ1n) is 7.92. The SMILES string of the molecule is CCCCCCc1cc2ccccc2[s+]1C(F)(F)F.O=S(=O)([O-])C(F)(F)F. The van der Waals surface area contributed by atoms with Gasteiger partial charge in [0.15, 0.2) is 19.7 Å². The highest BCUT2D eigenvalue weighted by Crippen LogP contribution is 2.51. The fourth-order valence-electron chi connectivity index (χ4n) is 2.33. The first-order valence-corrected chi connectivity index (χ1v) is 10.5. The highest BCUT2D eigenvalue weighted by molar-refractivity contribution is 7.86. The fraction of sp³-hybridized carbons (Fsp3) is 0.500. The zero-order valence-electron chi connectivity index (χ0n) is 14.2. The van der Waals surface area contributed by atoms with Crippen molar-refractivity contribution in [2.75, 3.05) is 0 Å². The van der Waals surface area contributed by atoms with Crippen LogP contribution in [0.3, 0.4) is 0 Å². The van der Waals surface area contributed by atoms with Crippen LogP contribution in [-0.2, 0) is 22.0 Å². The monoisotopic (exact) mass is 436 g/mol. The number of aryl methyl sites for hydroxylation is 1. The molecule has 0 bridgehead atoms. The summed E-state index contributed by atoms with van der Waals surface area (Å²) >= 11 is 0. The summed E-state index contributed by atoms with van der Waals surface area (Å²) in [7, 11) is -7.79. The highest BCUT2D eigenvalue weighted by Gasteiger charge is 2.47. The second-order valence-electron chi connectivity index (χ2n) is 5.61. The standard InChI is InChI=1S/C15H18F3S.CHF3O3S/c1-2-3-4-5-9-13-11-12-8-6-7-10-14(12)19(13)15(16,17)18;2-1(3,4)8(5,6)7/h6-8,10-11H,2-5,9H2,1H3;(H,5,6,7)/q+1;/p-1. The zero-order valence-corrected chi connectivity index (χ0v) is 15.9. The number of unbranched alkanes of at least 4 members (excludes halogenated alkanes) is 3. The average molecular weight is 436 g/mol. The van der Waals surface area contributed by atoms with Gasteiger partial charge in [-0.05, 0) is 18.6 Å². The highest BCUT2D eigenvalue weighted by atomic mass is 32.2. The third-order valence-electron chi connectivity index (χ3n) is 3.51. The van der Waals surface area contributed by atoms with Crippen LogP contribution in [0.4, 0.5) is 26.3 Å². The molecule has 0 aliphatic carbocycles. The van der Waals surface area contributed by atoms with Gasteiger partial charge in [0, 0.05) is 17.9 Å². The molecule has 1 heterocycles. The van der Waals surface area contributed by atoms with Crippen LogP contribution in [0.1, 0.15) is 37.5 Å². The number of alkyl halides is 6.